The standard InChI is InChI=1S/C23H20ClN5O3/c24-15-3-1-2-13(8-15)11-27-21(31)12-32-16-5-6-17(20(30)10-16)23-28-18-7-4-14(22(25)26)9-19(18)29-23/h1-10,30H,11-12H2,(H3,25,26)(H,27,31)(H,28,29). The van der Waals surface area contributed by atoms with Crippen molar-refractivity contribution in [2.24, 2.45) is 5.73 Å². The van der Waals surface area contributed by atoms with Crippen molar-refractivity contribution in [2.45, 2.75) is 6.54 Å². The first kappa shape index (κ1) is 21.2. The molecule has 1 amide bonds. The highest BCUT2D eigenvalue weighted by Crippen LogP contribution is 2.32. The van der Waals surface area contributed by atoms with Crippen LogP contribution in [0.5, 0.6) is 11.5 Å². The van der Waals surface area contributed by atoms with Gasteiger partial charge in [-0.2, -0.15) is 0 Å². The summed E-state index contributed by atoms with van der Waals surface area (Å²) >= 11 is 5.93. The molecule has 0 unspecified atom stereocenters. The summed E-state index contributed by atoms with van der Waals surface area (Å²) in [6, 6.07) is 17.1. The van der Waals surface area contributed by atoms with Crippen LogP contribution in [0.1, 0.15) is 11.1 Å². The molecule has 0 aliphatic carbocycles. The Morgan fingerprint density at radius 3 is 2.78 bits per heavy atom. The van der Waals surface area contributed by atoms with Crippen molar-refractivity contribution in [3.8, 4) is 22.9 Å². The number of imidazole rings is 1. The van der Waals surface area contributed by atoms with Crippen molar-refractivity contribution >= 4 is 34.4 Å². The number of aromatic nitrogens is 2. The second-order valence-corrected chi connectivity index (χ2v) is 7.54. The number of aromatic amines is 1. The predicted molar refractivity (Wildman–Crippen MR) is 123 cm³/mol. The third-order valence-electron chi connectivity index (χ3n) is 4.77. The number of hydrogen-bond donors (Lipinski definition) is 5. The molecule has 0 aliphatic heterocycles. The largest absolute Gasteiger partial charge is 0.507 e. The zero-order valence-corrected chi connectivity index (χ0v) is 17.6. The molecule has 6 N–H and O–H groups in total. The Balaban J connectivity index is 1.40. The Hall–Kier alpha value is -4.04. The lowest BCUT2D eigenvalue weighted by Gasteiger charge is -2.09. The van der Waals surface area contributed by atoms with E-state index in [1.54, 1.807) is 42.5 Å². The lowest BCUT2D eigenvalue weighted by molar-refractivity contribution is -0.123. The first-order valence-electron chi connectivity index (χ1n) is 9.70. The Labute approximate surface area is 188 Å². The van der Waals surface area contributed by atoms with E-state index in [2.05, 4.69) is 15.3 Å². The summed E-state index contributed by atoms with van der Waals surface area (Å²) in [7, 11) is 0. The highest BCUT2D eigenvalue weighted by molar-refractivity contribution is 6.30. The molecular weight excluding hydrogens is 430 g/mol. The van der Waals surface area contributed by atoms with Crippen LogP contribution in [0.15, 0.2) is 60.7 Å². The summed E-state index contributed by atoms with van der Waals surface area (Å²) in [4.78, 5) is 19.6. The number of nitrogen functional groups attached to an aromatic ring is 1. The number of phenolic OH excluding ortho intramolecular Hbond substituents is 1. The predicted octanol–water partition coefficient (Wildman–Crippen LogP) is 3.57. The Bertz CT molecular complexity index is 1320. The van der Waals surface area contributed by atoms with E-state index in [0.717, 1.165) is 11.1 Å². The normalized spacial score (nSPS) is 10.8. The van der Waals surface area contributed by atoms with Crippen LogP contribution >= 0.6 is 11.6 Å². The SMILES string of the molecule is N=C(N)c1ccc2[nH]c(-c3ccc(OCC(=O)NCc4cccc(Cl)c4)cc3O)nc2c1. The van der Waals surface area contributed by atoms with Gasteiger partial charge in [0, 0.05) is 23.2 Å². The van der Waals surface area contributed by atoms with Crippen LogP contribution in [0, 0.1) is 5.41 Å². The van der Waals surface area contributed by atoms with Crippen LogP contribution in [0.4, 0.5) is 0 Å². The molecule has 0 saturated carbocycles. The number of fused-ring (bicyclic) bond motifs is 1. The second kappa shape index (κ2) is 8.99. The molecule has 32 heavy (non-hydrogen) atoms. The zero-order valence-electron chi connectivity index (χ0n) is 16.9. The summed E-state index contributed by atoms with van der Waals surface area (Å²) < 4.78 is 5.49. The molecule has 162 valence electrons. The smallest absolute Gasteiger partial charge is 0.258 e. The van der Waals surface area contributed by atoms with E-state index >= 15 is 0 Å². The van der Waals surface area contributed by atoms with Gasteiger partial charge in [-0.25, -0.2) is 4.98 Å². The van der Waals surface area contributed by atoms with Crippen molar-refractivity contribution in [1.82, 2.24) is 15.3 Å². The average molecular weight is 450 g/mol. The Morgan fingerprint density at radius 2 is 2.03 bits per heavy atom. The number of carbonyl (C=O) groups is 1. The van der Waals surface area contributed by atoms with Crippen molar-refractivity contribution < 1.29 is 14.6 Å². The van der Waals surface area contributed by atoms with Gasteiger partial charge < -0.3 is 25.9 Å². The molecule has 0 atom stereocenters. The van der Waals surface area contributed by atoms with Crippen molar-refractivity contribution in [3.63, 3.8) is 0 Å². The number of nitrogens with one attached hydrogen (secondary N) is 3. The Kier molecular flexibility index (Phi) is 5.96. The van der Waals surface area contributed by atoms with E-state index in [0.29, 0.717) is 39.8 Å². The van der Waals surface area contributed by atoms with E-state index in [1.807, 2.05) is 12.1 Å². The minimum atomic E-state index is -0.299. The van der Waals surface area contributed by atoms with Gasteiger partial charge in [-0.3, -0.25) is 10.2 Å². The molecule has 0 bridgehead atoms. The molecule has 3 aromatic carbocycles. The number of ether oxygens (including phenoxy) is 1. The molecule has 4 rings (SSSR count). The highest BCUT2D eigenvalue weighted by Gasteiger charge is 2.12. The number of H-pyrrole nitrogens is 1. The van der Waals surface area contributed by atoms with Gasteiger partial charge in [0.15, 0.2) is 6.61 Å². The number of halogens is 1. The molecule has 4 aromatic rings. The molecule has 0 saturated heterocycles. The molecule has 0 spiro atoms. The van der Waals surface area contributed by atoms with E-state index < -0.39 is 0 Å². The minimum Gasteiger partial charge on any atom is -0.507 e. The lowest BCUT2D eigenvalue weighted by atomic mass is 10.2. The topological polar surface area (TPSA) is 137 Å². The summed E-state index contributed by atoms with van der Waals surface area (Å²) in [6.45, 7) is 0.141. The van der Waals surface area contributed by atoms with Crippen LogP contribution < -0.4 is 15.8 Å². The van der Waals surface area contributed by atoms with Crippen LogP contribution in [0.25, 0.3) is 22.4 Å². The van der Waals surface area contributed by atoms with E-state index in [9.17, 15) is 9.90 Å². The maximum atomic E-state index is 12.1. The summed E-state index contributed by atoms with van der Waals surface area (Å²) in [5, 5.41) is 21.3. The van der Waals surface area contributed by atoms with Gasteiger partial charge in [-0.15, -0.1) is 0 Å². The number of aromatic hydroxyl groups is 1. The summed E-state index contributed by atoms with van der Waals surface area (Å²) in [5.74, 6) is 0.417. The minimum absolute atomic E-state index is 0.0441. The average Bonchev–Trinajstić information content (AvgIpc) is 3.19. The summed E-state index contributed by atoms with van der Waals surface area (Å²) in [5.41, 5.74) is 8.83. The number of carbonyl (C=O) groups excluding carboxylic acids is 1. The zero-order chi connectivity index (χ0) is 22.7. The van der Waals surface area contributed by atoms with E-state index in [-0.39, 0.29) is 24.1 Å². The van der Waals surface area contributed by atoms with Crippen molar-refractivity contribution in [3.05, 3.63) is 76.8 Å². The fourth-order valence-corrected chi connectivity index (χ4v) is 3.36. The fourth-order valence-electron chi connectivity index (χ4n) is 3.15. The van der Waals surface area contributed by atoms with Gasteiger partial charge in [-0.05, 0) is 48.0 Å². The summed E-state index contributed by atoms with van der Waals surface area (Å²) in [6.07, 6.45) is 0. The van der Waals surface area contributed by atoms with Crippen LogP contribution in [-0.2, 0) is 11.3 Å². The molecule has 0 fully saturated rings. The quantitative estimate of drug-likeness (QED) is 0.217. The van der Waals surface area contributed by atoms with E-state index in [1.165, 1.54) is 6.07 Å². The van der Waals surface area contributed by atoms with Crippen LogP contribution in [0.2, 0.25) is 5.02 Å². The van der Waals surface area contributed by atoms with Crippen molar-refractivity contribution in [2.75, 3.05) is 6.61 Å². The fraction of sp³-hybridized carbons (Fsp3) is 0.0870. The van der Waals surface area contributed by atoms with Gasteiger partial charge in [0.1, 0.15) is 23.2 Å². The highest BCUT2D eigenvalue weighted by atomic mass is 35.5. The van der Waals surface area contributed by atoms with Gasteiger partial charge >= 0.3 is 0 Å². The number of rotatable bonds is 7. The number of hydrogen-bond acceptors (Lipinski definition) is 5. The van der Waals surface area contributed by atoms with Crippen LogP contribution in [0.3, 0.4) is 0 Å². The van der Waals surface area contributed by atoms with Crippen molar-refractivity contribution in [1.29, 1.82) is 5.41 Å². The number of nitrogens with zero attached hydrogens (tertiary/aromatic N) is 1. The molecule has 9 heteroatoms. The van der Waals surface area contributed by atoms with E-state index in [4.69, 9.17) is 27.5 Å². The number of benzene rings is 3. The maximum Gasteiger partial charge on any atom is 0.258 e. The molecule has 0 radical (unpaired) electrons. The first-order chi connectivity index (χ1) is 15.4. The van der Waals surface area contributed by atoms with Gasteiger partial charge in [0.25, 0.3) is 5.91 Å². The molecular formula is C23H20ClN5O3. The Morgan fingerprint density at radius 1 is 1.19 bits per heavy atom. The van der Waals surface area contributed by atoms with Crippen LogP contribution in [-0.4, -0.2) is 33.4 Å². The third kappa shape index (κ3) is 4.81. The number of amides is 1. The number of nitrogens with two attached hydrogens (primary N) is 1. The molecule has 0 aliphatic rings. The van der Waals surface area contributed by atoms with Gasteiger partial charge in [-0.1, -0.05) is 23.7 Å². The number of phenols is 1. The third-order valence-corrected chi connectivity index (χ3v) is 5.00. The first-order valence-corrected chi connectivity index (χ1v) is 10.1. The lowest BCUT2D eigenvalue weighted by Crippen LogP contribution is -2.28. The number of amidine groups is 1. The second-order valence-electron chi connectivity index (χ2n) is 7.11. The van der Waals surface area contributed by atoms with Gasteiger partial charge in [0.05, 0.1) is 16.6 Å². The van der Waals surface area contributed by atoms with Gasteiger partial charge in [0.2, 0.25) is 0 Å². The monoisotopic (exact) mass is 449 g/mol. The molecule has 1 aromatic heterocycles. The molecule has 8 nitrogen and oxygen atoms in total. The maximum absolute atomic E-state index is 12.1. The molecule has 1 heterocycles.